The van der Waals surface area contributed by atoms with E-state index in [1.165, 1.54) is 4.90 Å². The summed E-state index contributed by atoms with van der Waals surface area (Å²) < 4.78 is 32.8. The van der Waals surface area contributed by atoms with Gasteiger partial charge >= 0.3 is 6.03 Å². The number of aryl methyl sites for hydroxylation is 1. The molecule has 1 aromatic heterocycles. The zero-order chi connectivity index (χ0) is 18.7. The van der Waals surface area contributed by atoms with Gasteiger partial charge in [0.05, 0.1) is 18.2 Å². The lowest BCUT2D eigenvalue weighted by molar-refractivity contribution is 0.00260. The van der Waals surface area contributed by atoms with Crippen molar-refractivity contribution >= 4 is 11.7 Å². The van der Waals surface area contributed by atoms with Gasteiger partial charge < -0.3 is 14.6 Å². The minimum atomic E-state index is -2.75. The first-order chi connectivity index (χ1) is 12.4. The lowest BCUT2D eigenvalue weighted by Crippen LogP contribution is -2.41. The number of halogens is 2. The molecule has 1 saturated carbocycles. The summed E-state index contributed by atoms with van der Waals surface area (Å²) in [6.45, 7) is 1.91. The van der Waals surface area contributed by atoms with Gasteiger partial charge in [-0.25, -0.2) is 13.6 Å². The van der Waals surface area contributed by atoms with Crippen molar-refractivity contribution < 1.29 is 18.0 Å². The van der Waals surface area contributed by atoms with Gasteiger partial charge in [0.25, 0.3) is 0 Å². The first-order valence-corrected chi connectivity index (χ1v) is 8.37. The van der Waals surface area contributed by atoms with Crippen LogP contribution in [0.15, 0.2) is 40.8 Å². The molecular formula is C19H19F2N3O2. The Morgan fingerprint density at radius 1 is 1.35 bits per heavy atom. The molecule has 1 N–H and O–H groups in total. The third-order valence-corrected chi connectivity index (χ3v) is 4.47. The van der Waals surface area contributed by atoms with Crippen LogP contribution in [0.2, 0.25) is 0 Å². The number of urea groups is 1. The van der Waals surface area contributed by atoms with E-state index in [1.54, 1.807) is 43.3 Å². The number of carbonyl (C=O) groups excluding carboxylic acids is 1. The summed E-state index contributed by atoms with van der Waals surface area (Å²) in [6.07, 6.45) is -0.337. The Kier molecular flexibility index (Phi) is 4.94. The van der Waals surface area contributed by atoms with Crippen LogP contribution in [0.1, 0.15) is 36.3 Å². The number of amides is 2. The SMILES string of the molecule is Cc1ccc(CN(C(=O)Nc2ccc(C#N)cc2)[C@H]2CCC(F)(F)C2)o1. The van der Waals surface area contributed by atoms with E-state index in [0.29, 0.717) is 22.8 Å². The van der Waals surface area contributed by atoms with E-state index in [0.717, 1.165) is 0 Å². The molecule has 7 heteroatoms. The Morgan fingerprint density at radius 3 is 2.62 bits per heavy atom. The van der Waals surface area contributed by atoms with Crippen molar-refractivity contribution in [2.75, 3.05) is 5.32 Å². The van der Waals surface area contributed by atoms with Gasteiger partial charge in [-0.15, -0.1) is 0 Å². The Bertz CT molecular complexity index is 824. The fourth-order valence-corrected chi connectivity index (χ4v) is 3.12. The molecular weight excluding hydrogens is 340 g/mol. The van der Waals surface area contributed by atoms with Crippen molar-refractivity contribution in [2.24, 2.45) is 0 Å². The van der Waals surface area contributed by atoms with Crippen molar-refractivity contribution in [3.8, 4) is 6.07 Å². The summed E-state index contributed by atoms with van der Waals surface area (Å²) >= 11 is 0. The molecule has 3 rings (SSSR count). The van der Waals surface area contributed by atoms with Gasteiger partial charge in [-0.2, -0.15) is 5.26 Å². The number of nitrogens with zero attached hydrogens (tertiary/aromatic N) is 2. The maximum atomic E-state index is 13.7. The van der Waals surface area contributed by atoms with Crippen LogP contribution in [0.3, 0.4) is 0 Å². The molecule has 1 fully saturated rings. The molecule has 2 aromatic rings. The third kappa shape index (κ3) is 4.20. The standard InChI is InChI=1S/C19H19F2N3O2/c1-13-2-7-17(26-13)12-24(16-8-9-19(20,21)10-16)18(25)23-15-5-3-14(11-22)4-6-15/h2-7,16H,8-10,12H2,1H3,(H,23,25)/t16-/m0/s1. The number of carbonyl (C=O) groups is 1. The van der Waals surface area contributed by atoms with E-state index in [9.17, 15) is 13.6 Å². The maximum Gasteiger partial charge on any atom is 0.322 e. The molecule has 1 heterocycles. The molecule has 0 aliphatic heterocycles. The van der Waals surface area contributed by atoms with Crippen LogP contribution in [-0.4, -0.2) is 22.9 Å². The van der Waals surface area contributed by atoms with E-state index in [-0.39, 0.29) is 25.8 Å². The summed E-state index contributed by atoms with van der Waals surface area (Å²) in [5, 5.41) is 11.5. The van der Waals surface area contributed by atoms with Crippen molar-refractivity contribution in [3.05, 3.63) is 53.5 Å². The van der Waals surface area contributed by atoms with Crippen LogP contribution < -0.4 is 5.32 Å². The van der Waals surface area contributed by atoms with Crippen molar-refractivity contribution in [2.45, 2.75) is 44.7 Å². The molecule has 0 radical (unpaired) electrons. The van der Waals surface area contributed by atoms with Gasteiger partial charge in [0.1, 0.15) is 11.5 Å². The van der Waals surface area contributed by atoms with E-state index in [2.05, 4.69) is 5.32 Å². The molecule has 2 amide bonds. The molecule has 26 heavy (non-hydrogen) atoms. The van der Waals surface area contributed by atoms with Gasteiger partial charge in [0.2, 0.25) is 5.92 Å². The molecule has 1 aliphatic rings. The minimum absolute atomic E-state index is 0.122. The van der Waals surface area contributed by atoms with Crippen LogP contribution in [0, 0.1) is 18.3 Å². The summed E-state index contributed by atoms with van der Waals surface area (Å²) in [7, 11) is 0. The predicted octanol–water partition coefficient (Wildman–Crippen LogP) is 4.68. The Hall–Kier alpha value is -2.88. The van der Waals surface area contributed by atoms with Gasteiger partial charge in [0.15, 0.2) is 0 Å². The van der Waals surface area contributed by atoms with Gasteiger partial charge in [0, 0.05) is 24.6 Å². The predicted molar refractivity (Wildman–Crippen MR) is 91.7 cm³/mol. The van der Waals surface area contributed by atoms with E-state index in [1.807, 2.05) is 6.07 Å². The number of nitrogens with one attached hydrogen (secondary N) is 1. The number of hydrogen-bond acceptors (Lipinski definition) is 3. The van der Waals surface area contributed by atoms with E-state index < -0.39 is 18.0 Å². The second-order valence-corrected chi connectivity index (χ2v) is 6.51. The summed E-state index contributed by atoms with van der Waals surface area (Å²) in [4.78, 5) is 14.1. The zero-order valence-corrected chi connectivity index (χ0v) is 14.3. The molecule has 1 aliphatic carbocycles. The number of hydrogen-bond donors (Lipinski definition) is 1. The molecule has 0 unspecified atom stereocenters. The smallest absolute Gasteiger partial charge is 0.322 e. The number of anilines is 1. The third-order valence-electron chi connectivity index (χ3n) is 4.47. The number of alkyl halides is 2. The number of rotatable bonds is 4. The molecule has 0 spiro atoms. The molecule has 0 saturated heterocycles. The number of nitriles is 1. The highest BCUT2D eigenvalue weighted by atomic mass is 19.3. The maximum absolute atomic E-state index is 13.7. The van der Waals surface area contributed by atoms with Gasteiger partial charge in [-0.05, 0) is 49.7 Å². The summed E-state index contributed by atoms with van der Waals surface area (Å²) in [6, 6.07) is 10.9. The average molecular weight is 359 g/mol. The largest absolute Gasteiger partial charge is 0.464 e. The highest BCUT2D eigenvalue weighted by molar-refractivity contribution is 5.89. The normalized spacial score (nSPS) is 18.3. The van der Waals surface area contributed by atoms with E-state index in [4.69, 9.17) is 9.68 Å². The fourth-order valence-electron chi connectivity index (χ4n) is 3.12. The quantitative estimate of drug-likeness (QED) is 0.861. The highest BCUT2D eigenvalue weighted by Crippen LogP contribution is 2.38. The molecule has 0 bridgehead atoms. The average Bonchev–Trinajstić information content (AvgIpc) is 3.18. The minimum Gasteiger partial charge on any atom is -0.464 e. The van der Waals surface area contributed by atoms with Crippen molar-refractivity contribution in [3.63, 3.8) is 0 Å². The van der Waals surface area contributed by atoms with Crippen molar-refractivity contribution in [1.82, 2.24) is 4.90 Å². The monoisotopic (exact) mass is 359 g/mol. The van der Waals surface area contributed by atoms with Gasteiger partial charge in [-0.1, -0.05) is 0 Å². The summed E-state index contributed by atoms with van der Waals surface area (Å²) in [5.74, 6) is -1.51. The lowest BCUT2D eigenvalue weighted by Gasteiger charge is -2.28. The van der Waals surface area contributed by atoms with Crippen molar-refractivity contribution in [1.29, 1.82) is 5.26 Å². The highest BCUT2D eigenvalue weighted by Gasteiger charge is 2.43. The lowest BCUT2D eigenvalue weighted by atomic mass is 10.2. The Labute approximate surface area is 150 Å². The molecule has 5 nitrogen and oxygen atoms in total. The van der Waals surface area contributed by atoms with Crippen LogP contribution in [0.4, 0.5) is 19.3 Å². The molecule has 1 aromatic carbocycles. The molecule has 136 valence electrons. The van der Waals surface area contributed by atoms with Gasteiger partial charge in [-0.3, -0.25) is 0 Å². The molecule has 1 atom stereocenters. The number of furan rings is 1. The van der Waals surface area contributed by atoms with Crippen LogP contribution in [0.25, 0.3) is 0 Å². The topological polar surface area (TPSA) is 69.3 Å². The summed E-state index contributed by atoms with van der Waals surface area (Å²) in [5.41, 5.74) is 0.973. The Morgan fingerprint density at radius 2 is 2.08 bits per heavy atom. The van der Waals surface area contributed by atoms with Crippen LogP contribution >= 0.6 is 0 Å². The van der Waals surface area contributed by atoms with Crippen LogP contribution in [-0.2, 0) is 6.54 Å². The zero-order valence-electron chi connectivity index (χ0n) is 14.3. The number of benzene rings is 1. The fraction of sp³-hybridized carbons (Fsp3) is 0.368. The van der Waals surface area contributed by atoms with E-state index >= 15 is 0 Å². The first-order valence-electron chi connectivity index (χ1n) is 8.37. The second kappa shape index (κ2) is 7.16. The van der Waals surface area contributed by atoms with Crippen LogP contribution in [0.5, 0.6) is 0 Å². The first kappa shape index (κ1) is 17.9. The second-order valence-electron chi connectivity index (χ2n) is 6.51. The Balaban J connectivity index is 1.77.